The molecule has 3 heterocycles. The highest BCUT2D eigenvalue weighted by Gasteiger charge is 2.53. The van der Waals surface area contributed by atoms with Crippen LogP contribution in [0.2, 0.25) is 0 Å². The number of carboxylic acids is 1. The Labute approximate surface area is 225 Å². The topological polar surface area (TPSA) is 161 Å². The maximum atomic E-state index is 13.8. The lowest BCUT2D eigenvalue weighted by Crippen LogP contribution is -2.64. The van der Waals surface area contributed by atoms with Gasteiger partial charge in [-0.05, 0) is 50.1 Å². The highest BCUT2D eigenvalue weighted by Crippen LogP contribution is 2.38. The number of methoxy groups -OCH3 is 1. The van der Waals surface area contributed by atoms with Crippen molar-refractivity contribution in [3.8, 4) is 17.2 Å². The van der Waals surface area contributed by atoms with Crippen molar-refractivity contribution in [1.29, 1.82) is 0 Å². The Morgan fingerprint density at radius 2 is 1.98 bits per heavy atom. The molecule has 0 spiro atoms. The van der Waals surface area contributed by atoms with Crippen LogP contribution in [0.5, 0.6) is 5.75 Å². The summed E-state index contributed by atoms with van der Waals surface area (Å²) in [6.45, 7) is 0.118. The van der Waals surface area contributed by atoms with Gasteiger partial charge in [-0.3, -0.25) is 9.59 Å². The standard InChI is InChI=1S/C26H26F3N5O6/c1-39-16-7-5-15(14-6-8-18(26(27,28)29)31-19(14)16)22-32-20(17(40-22)9-11-30)23(36)34-12-2-10-25(34,24(37)38)33-21(35)13-3-4-13/h5-8,13H,2-4,9-12,30H2,1H3,(H,33,35)(H,37,38)/t25-/m0/s1. The lowest BCUT2D eigenvalue weighted by molar-refractivity contribution is -0.153. The van der Waals surface area contributed by atoms with E-state index >= 15 is 0 Å². The van der Waals surface area contributed by atoms with E-state index in [1.165, 1.54) is 25.3 Å². The fraction of sp³-hybridized carbons (Fsp3) is 0.423. The molecule has 0 radical (unpaired) electrons. The number of alkyl halides is 3. The molecular weight excluding hydrogens is 535 g/mol. The van der Waals surface area contributed by atoms with E-state index in [1.54, 1.807) is 0 Å². The van der Waals surface area contributed by atoms with Gasteiger partial charge in [-0.1, -0.05) is 0 Å². The van der Waals surface area contributed by atoms with Gasteiger partial charge in [0.1, 0.15) is 22.7 Å². The Kier molecular flexibility index (Phi) is 6.90. The summed E-state index contributed by atoms with van der Waals surface area (Å²) in [6.07, 6.45) is -2.97. The molecule has 4 N–H and O–H groups in total. The number of likely N-dealkylation sites (tertiary alicyclic amines) is 1. The summed E-state index contributed by atoms with van der Waals surface area (Å²) in [6, 6.07) is 4.94. The predicted octanol–water partition coefficient (Wildman–Crippen LogP) is 2.96. The average molecular weight is 562 g/mol. The molecule has 5 rings (SSSR count). The number of nitrogens with one attached hydrogen (secondary N) is 1. The number of rotatable bonds is 8. The SMILES string of the molecule is COc1ccc(-c2nc(C(=O)N3CCC[C@@]3(NC(=O)C3CC3)C(=O)O)c(CCN)o2)c2ccc(C(F)(F)F)nc12. The monoisotopic (exact) mass is 561 g/mol. The van der Waals surface area contributed by atoms with Gasteiger partial charge < -0.3 is 30.2 Å². The van der Waals surface area contributed by atoms with Crippen molar-refractivity contribution < 1.29 is 41.8 Å². The third-order valence-corrected chi connectivity index (χ3v) is 7.09. The van der Waals surface area contributed by atoms with Crippen LogP contribution in [0.25, 0.3) is 22.4 Å². The molecule has 0 bridgehead atoms. The number of nitrogens with zero attached hydrogens (tertiary/aromatic N) is 3. The number of carbonyl (C=O) groups is 3. The smallest absolute Gasteiger partial charge is 0.433 e. The number of benzene rings is 1. The molecule has 3 aromatic rings. The van der Waals surface area contributed by atoms with Gasteiger partial charge in [0.15, 0.2) is 5.69 Å². The molecule has 1 aromatic carbocycles. The van der Waals surface area contributed by atoms with E-state index in [0.717, 1.165) is 11.0 Å². The number of halogens is 3. The van der Waals surface area contributed by atoms with E-state index in [2.05, 4.69) is 15.3 Å². The minimum absolute atomic E-state index is 0.0137. The number of carboxylic acid groups (broad SMARTS) is 1. The van der Waals surface area contributed by atoms with E-state index in [9.17, 15) is 32.7 Å². The van der Waals surface area contributed by atoms with Gasteiger partial charge >= 0.3 is 12.1 Å². The second-order valence-corrected chi connectivity index (χ2v) is 9.72. The third kappa shape index (κ3) is 4.72. The van der Waals surface area contributed by atoms with Crippen molar-refractivity contribution in [2.75, 3.05) is 20.2 Å². The Balaban J connectivity index is 1.58. The van der Waals surface area contributed by atoms with E-state index in [-0.39, 0.29) is 71.4 Å². The molecule has 2 amide bonds. The van der Waals surface area contributed by atoms with Gasteiger partial charge in [0.2, 0.25) is 17.5 Å². The van der Waals surface area contributed by atoms with Crippen LogP contribution >= 0.6 is 0 Å². The number of hydrogen-bond acceptors (Lipinski definition) is 8. The van der Waals surface area contributed by atoms with Crippen LogP contribution in [0.4, 0.5) is 13.2 Å². The predicted molar refractivity (Wildman–Crippen MR) is 133 cm³/mol. The average Bonchev–Trinajstić information content (AvgIpc) is 3.56. The number of amides is 2. The Bertz CT molecular complexity index is 1500. The maximum Gasteiger partial charge on any atom is 0.433 e. The molecule has 1 atom stereocenters. The summed E-state index contributed by atoms with van der Waals surface area (Å²) in [5.74, 6) is -2.79. The van der Waals surface area contributed by atoms with Gasteiger partial charge in [0.05, 0.1) is 7.11 Å². The number of oxazole rings is 1. The van der Waals surface area contributed by atoms with Crippen molar-refractivity contribution in [2.24, 2.45) is 11.7 Å². The second-order valence-electron chi connectivity index (χ2n) is 9.72. The van der Waals surface area contributed by atoms with Crippen molar-refractivity contribution in [3.63, 3.8) is 0 Å². The minimum Gasteiger partial charge on any atom is -0.494 e. The first-order chi connectivity index (χ1) is 19.0. The van der Waals surface area contributed by atoms with Crippen LogP contribution in [0.15, 0.2) is 28.7 Å². The molecule has 2 aromatic heterocycles. The van der Waals surface area contributed by atoms with Crippen molar-refractivity contribution >= 4 is 28.7 Å². The van der Waals surface area contributed by atoms with Crippen LogP contribution in [0, 0.1) is 5.92 Å². The van der Waals surface area contributed by atoms with Crippen molar-refractivity contribution in [2.45, 2.75) is 43.9 Å². The van der Waals surface area contributed by atoms with E-state index in [0.29, 0.717) is 19.3 Å². The lowest BCUT2D eigenvalue weighted by Gasteiger charge is -2.35. The summed E-state index contributed by atoms with van der Waals surface area (Å²) in [7, 11) is 1.30. The zero-order chi connectivity index (χ0) is 28.8. The number of aromatic nitrogens is 2. The molecule has 0 unspecified atom stereocenters. The number of carbonyl (C=O) groups excluding carboxylic acids is 2. The summed E-state index contributed by atoms with van der Waals surface area (Å²) in [5, 5.41) is 12.9. The zero-order valence-electron chi connectivity index (χ0n) is 21.4. The number of nitrogens with two attached hydrogens (primary N) is 1. The molecule has 1 saturated heterocycles. The fourth-order valence-corrected chi connectivity index (χ4v) is 4.91. The van der Waals surface area contributed by atoms with Crippen LogP contribution in [-0.2, 0) is 22.2 Å². The molecule has 40 heavy (non-hydrogen) atoms. The van der Waals surface area contributed by atoms with E-state index < -0.39 is 35.3 Å². The van der Waals surface area contributed by atoms with Gasteiger partial charge in [-0.25, -0.2) is 14.8 Å². The minimum atomic E-state index is -4.69. The first-order valence-electron chi connectivity index (χ1n) is 12.6. The molecule has 1 saturated carbocycles. The molecular formula is C26H26F3N5O6. The maximum absolute atomic E-state index is 13.8. The summed E-state index contributed by atoms with van der Waals surface area (Å²) in [4.78, 5) is 47.9. The first-order valence-corrected chi connectivity index (χ1v) is 12.6. The number of ether oxygens (including phenoxy) is 1. The highest BCUT2D eigenvalue weighted by atomic mass is 19.4. The highest BCUT2D eigenvalue weighted by molar-refractivity contribution is 6.01. The number of pyridine rings is 1. The van der Waals surface area contributed by atoms with E-state index in [4.69, 9.17) is 14.9 Å². The largest absolute Gasteiger partial charge is 0.494 e. The molecule has 212 valence electrons. The second kappa shape index (κ2) is 10.1. The number of aliphatic carboxylic acids is 1. The summed E-state index contributed by atoms with van der Waals surface area (Å²) in [5.41, 5.74) is 2.62. The summed E-state index contributed by atoms with van der Waals surface area (Å²) < 4.78 is 51.1. The van der Waals surface area contributed by atoms with Crippen LogP contribution in [0.3, 0.4) is 0 Å². The molecule has 11 nitrogen and oxygen atoms in total. The number of hydrogen-bond donors (Lipinski definition) is 3. The quantitative estimate of drug-likeness (QED) is 0.376. The van der Waals surface area contributed by atoms with Crippen molar-refractivity contribution in [3.05, 3.63) is 41.4 Å². The van der Waals surface area contributed by atoms with Crippen LogP contribution in [0.1, 0.15) is 47.6 Å². The third-order valence-electron chi connectivity index (χ3n) is 7.09. The molecule has 2 fully saturated rings. The lowest BCUT2D eigenvalue weighted by atomic mass is 10.1. The Morgan fingerprint density at radius 3 is 2.60 bits per heavy atom. The zero-order valence-corrected chi connectivity index (χ0v) is 21.4. The molecule has 1 aliphatic heterocycles. The van der Waals surface area contributed by atoms with Crippen LogP contribution < -0.4 is 15.8 Å². The molecule has 1 aliphatic carbocycles. The Hall–Kier alpha value is -4.20. The van der Waals surface area contributed by atoms with Gasteiger partial charge in [0.25, 0.3) is 5.91 Å². The number of fused-ring (bicyclic) bond motifs is 1. The Morgan fingerprint density at radius 1 is 1.23 bits per heavy atom. The van der Waals surface area contributed by atoms with Crippen molar-refractivity contribution in [1.82, 2.24) is 20.2 Å². The van der Waals surface area contributed by atoms with E-state index in [1.807, 2.05) is 0 Å². The van der Waals surface area contributed by atoms with Gasteiger partial charge in [0, 0.05) is 36.3 Å². The normalized spacial score (nSPS) is 19.2. The molecule has 14 heteroatoms. The molecule has 2 aliphatic rings. The van der Waals surface area contributed by atoms with Gasteiger partial charge in [-0.15, -0.1) is 0 Å². The first kappa shape index (κ1) is 27.4. The van der Waals surface area contributed by atoms with Crippen LogP contribution in [-0.4, -0.2) is 63.6 Å². The fourth-order valence-electron chi connectivity index (χ4n) is 4.91. The summed E-state index contributed by atoms with van der Waals surface area (Å²) >= 11 is 0. The van der Waals surface area contributed by atoms with Gasteiger partial charge in [-0.2, -0.15) is 13.2 Å².